The van der Waals surface area contributed by atoms with E-state index >= 15 is 0 Å². The minimum atomic E-state index is -0.847. The molecule has 1 saturated heterocycles. The van der Waals surface area contributed by atoms with E-state index in [1.165, 1.54) is 96.7 Å². The summed E-state index contributed by atoms with van der Waals surface area (Å²) in [6, 6.07) is 12.7. The van der Waals surface area contributed by atoms with Crippen LogP contribution in [0.4, 0.5) is 0 Å². The Balaban J connectivity index is 1.49. The molecule has 3 aliphatic rings. The summed E-state index contributed by atoms with van der Waals surface area (Å²) in [6.07, 6.45) is 12.4. The topological polar surface area (TPSA) is 50.4 Å². The number of carboxylic acids is 1. The van der Waals surface area contributed by atoms with Crippen molar-refractivity contribution < 1.29 is 9.90 Å². The number of aromatic nitrogens is 2. The van der Waals surface area contributed by atoms with Gasteiger partial charge in [-0.1, -0.05) is 43.5 Å². The van der Waals surface area contributed by atoms with E-state index < -0.39 is 5.97 Å². The third-order valence-corrected chi connectivity index (χ3v) is 8.97. The number of aryl methyl sites for hydroxylation is 2. The fraction of sp³-hybridized carbons (Fsp3) is 0.452. The number of carbonyl (C=O) groups is 1. The molecule has 0 spiro atoms. The molecule has 2 fully saturated rings. The lowest BCUT2D eigenvalue weighted by atomic mass is 9.81. The first-order valence-corrected chi connectivity index (χ1v) is 13.9. The van der Waals surface area contributed by atoms with E-state index in [2.05, 4.69) is 44.5 Å². The standard InChI is InChI=1S/C31H35N3O2/c35-31(36)22-12-13-25-27(18-22)34-17-7-16-33-20-23(19-32-14-4-5-15-32)24-10-6-11-26(29(24)33)30(34)28(25)21-8-2-1-3-9-21/h6,10-13,18,20-21H,1-5,7-9,14-17,19H2,(H,35,36). The van der Waals surface area contributed by atoms with Gasteiger partial charge in [-0.3, -0.25) is 4.90 Å². The number of hydrogen-bond acceptors (Lipinski definition) is 2. The van der Waals surface area contributed by atoms with Crippen LogP contribution in [0.15, 0.2) is 42.6 Å². The predicted molar refractivity (Wildman–Crippen MR) is 145 cm³/mol. The number of para-hydroxylation sites is 1. The number of rotatable bonds is 4. The highest BCUT2D eigenvalue weighted by Crippen LogP contribution is 2.47. The Morgan fingerprint density at radius 3 is 2.53 bits per heavy atom. The molecule has 1 aliphatic carbocycles. The number of hydrogen-bond donors (Lipinski definition) is 1. The Morgan fingerprint density at radius 2 is 1.72 bits per heavy atom. The molecule has 4 heterocycles. The minimum absolute atomic E-state index is 0.384. The third kappa shape index (κ3) is 3.51. The molecular weight excluding hydrogens is 446 g/mol. The number of likely N-dealkylation sites (tertiary alicyclic amines) is 1. The molecule has 1 N–H and O–H groups in total. The fourth-order valence-electron chi connectivity index (χ4n) is 7.34. The van der Waals surface area contributed by atoms with Crippen molar-refractivity contribution in [1.82, 2.24) is 14.0 Å². The Hall–Kier alpha value is -3.05. The summed E-state index contributed by atoms with van der Waals surface area (Å²) in [7, 11) is 0. The molecule has 0 unspecified atom stereocenters. The van der Waals surface area contributed by atoms with E-state index in [0.29, 0.717) is 11.5 Å². The van der Waals surface area contributed by atoms with E-state index in [0.717, 1.165) is 31.6 Å². The van der Waals surface area contributed by atoms with Crippen LogP contribution in [0.5, 0.6) is 0 Å². The van der Waals surface area contributed by atoms with Gasteiger partial charge in [0.15, 0.2) is 0 Å². The zero-order valence-electron chi connectivity index (χ0n) is 21.0. The molecule has 0 bridgehead atoms. The van der Waals surface area contributed by atoms with Crippen LogP contribution in [0.3, 0.4) is 0 Å². The van der Waals surface area contributed by atoms with Gasteiger partial charge in [0.25, 0.3) is 0 Å². The minimum Gasteiger partial charge on any atom is -0.478 e. The maximum atomic E-state index is 11.9. The first kappa shape index (κ1) is 22.2. The van der Waals surface area contributed by atoms with Crippen LogP contribution in [0.1, 0.15) is 78.8 Å². The van der Waals surface area contributed by atoms with Crippen molar-refractivity contribution in [2.24, 2.45) is 0 Å². The van der Waals surface area contributed by atoms with Gasteiger partial charge >= 0.3 is 5.97 Å². The average Bonchev–Trinajstić information content (AvgIpc) is 3.60. The molecule has 5 heteroatoms. The second-order valence-corrected chi connectivity index (χ2v) is 11.2. The van der Waals surface area contributed by atoms with Crippen molar-refractivity contribution >= 4 is 27.8 Å². The molecule has 186 valence electrons. The van der Waals surface area contributed by atoms with Crippen LogP contribution in [0.25, 0.3) is 33.1 Å². The Morgan fingerprint density at radius 1 is 0.889 bits per heavy atom. The van der Waals surface area contributed by atoms with Gasteiger partial charge in [-0.2, -0.15) is 0 Å². The van der Waals surface area contributed by atoms with Gasteiger partial charge < -0.3 is 14.2 Å². The van der Waals surface area contributed by atoms with Gasteiger partial charge in [0.1, 0.15) is 0 Å². The van der Waals surface area contributed by atoms with Gasteiger partial charge in [-0.15, -0.1) is 0 Å². The quantitative estimate of drug-likeness (QED) is 0.341. The first-order chi connectivity index (χ1) is 17.7. The summed E-state index contributed by atoms with van der Waals surface area (Å²) in [4.78, 5) is 14.5. The lowest BCUT2D eigenvalue weighted by molar-refractivity contribution is 0.0697. The largest absolute Gasteiger partial charge is 0.478 e. The monoisotopic (exact) mass is 481 g/mol. The summed E-state index contributed by atoms with van der Waals surface area (Å²) in [5.41, 5.74) is 8.43. The van der Waals surface area contributed by atoms with E-state index in [1.807, 2.05) is 12.1 Å². The highest BCUT2D eigenvalue weighted by atomic mass is 16.4. The van der Waals surface area contributed by atoms with Crippen molar-refractivity contribution in [3.63, 3.8) is 0 Å². The van der Waals surface area contributed by atoms with Crippen LogP contribution in [-0.2, 0) is 19.6 Å². The fourth-order valence-corrected chi connectivity index (χ4v) is 7.34. The molecule has 2 aliphatic heterocycles. The summed E-state index contributed by atoms with van der Waals surface area (Å²) in [5, 5.41) is 12.4. The molecule has 0 atom stereocenters. The molecule has 0 amide bonds. The molecule has 4 aromatic rings. The highest BCUT2D eigenvalue weighted by molar-refractivity contribution is 6.03. The van der Waals surface area contributed by atoms with Gasteiger partial charge in [0.05, 0.1) is 16.8 Å². The zero-order valence-corrected chi connectivity index (χ0v) is 21.0. The van der Waals surface area contributed by atoms with E-state index in [1.54, 1.807) is 0 Å². The van der Waals surface area contributed by atoms with Crippen LogP contribution < -0.4 is 0 Å². The summed E-state index contributed by atoms with van der Waals surface area (Å²) < 4.78 is 4.99. The maximum absolute atomic E-state index is 11.9. The summed E-state index contributed by atoms with van der Waals surface area (Å²) in [6.45, 7) is 5.35. The lowest BCUT2D eigenvalue weighted by Crippen LogP contribution is -2.18. The lowest BCUT2D eigenvalue weighted by Gasteiger charge is -2.25. The Bertz CT molecular complexity index is 1460. The van der Waals surface area contributed by atoms with E-state index in [-0.39, 0.29) is 0 Å². The van der Waals surface area contributed by atoms with E-state index in [4.69, 9.17) is 0 Å². The Labute approximate surface area is 212 Å². The van der Waals surface area contributed by atoms with Gasteiger partial charge in [0.2, 0.25) is 0 Å². The summed E-state index contributed by atoms with van der Waals surface area (Å²) >= 11 is 0. The molecule has 5 nitrogen and oxygen atoms in total. The van der Waals surface area contributed by atoms with Crippen molar-refractivity contribution in [1.29, 1.82) is 0 Å². The van der Waals surface area contributed by atoms with Crippen LogP contribution in [-0.4, -0.2) is 38.2 Å². The molecule has 1 saturated carbocycles. The highest BCUT2D eigenvalue weighted by Gasteiger charge is 2.29. The molecule has 2 aromatic carbocycles. The van der Waals surface area contributed by atoms with Crippen LogP contribution in [0.2, 0.25) is 0 Å². The molecule has 7 rings (SSSR count). The normalized spacial score (nSPS) is 19.0. The smallest absolute Gasteiger partial charge is 0.335 e. The third-order valence-electron chi connectivity index (χ3n) is 8.97. The van der Waals surface area contributed by atoms with Crippen LogP contribution >= 0.6 is 0 Å². The number of aromatic carboxylic acids is 1. The Kier molecular flexibility index (Phi) is 5.42. The first-order valence-electron chi connectivity index (χ1n) is 13.9. The van der Waals surface area contributed by atoms with Crippen LogP contribution in [0, 0.1) is 0 Å². The van der Waals surface area contributed by atoms with Gasteiger partial charge in [0, 0.05) is 47.7 Å². The SMILES string of the molecule is O=C(O)c1ccc2c(C3CCCCC3)c3n(c2c1)CCCn1cc(CN2CCCC2)c2cccc-3c21. The second-order valence-electron chi connectivity index (χ2n) is 11.2. The second kappa shape index (κ2) is 8.81. The van der Waals surface area contributed by atoms with Crippen molar-refractivity contribution in [2.45, 2.75) is 76.9 Å². The predicted octanol–water partition coefficient (Wildman–Crippen LogP) is 7.01. The zero-order chi connectivity index (χ0) is 24.2. The molecule has 2 aromatic heterocycles. The molecule has 0 radical (unpaired) electrons. The molecular formula is C31H35N3O2. The number of carboxylic acid groups (broad SMARTS) is 1. The maximum Gasteiger partial charge on any atom is 0.335 e. The van der Waals surface area contributed by atoms with Gasteiger partial charge in [-0.05, 0) is 74.4 Å². The van der Waals surface area contributed by atoms with Crippen molar-refractivity contribution in [3.8, 4) is 11.3 Å². The number of nitrogens with zero attached hydrogens (tertiary/aromatic N) is 3. The van der Waals surface area contributed by atoms with Gasteiger partial charge in [-0.25, -0.2) is 4.79 Å². The number of fused-ring (bicyclic) bond motifs is 4. The molecule has 36 heavy (non-hydrogen) atoms. The van der Waals surface area contributed by atoms with Crippen molar-refractivity contribution in [2.75, 3.05) is 13.1 Å². The number of benzene rings is 2. The average molecular weight is 482 g/mol. The van der Waals surface area contributed by atoms with E-state index in [9.17, 15) is 9.90 Å². The van der Waals surface area contributed by atoms with Crippen molar-refractivity contribution in [3.05, 3.63) is 59.3 Å². The summed E-state index contributed by atoms with van der Waals surface area (Å²) in [5.74, 6) is -0.310.